The monoisotopic (exact) mass is 419 g/mol. The largest absolute Gasteiger partial charge is 0.350 e. The molecule has 0 radical (unpaired) electrons. The van der Waals surface area contributed by atoms with Gasteiger partial charge in [0.25, 0.3) is 5.91 Å². The molecule has 2 aromatic carbocycles. The van der Waals surface area contributed by atoms with E-state index in [0.717, 1.165) is 18.4 Å². The zero-order valence-corrected chi connectivity index (χ0v) is 17.5. The fourth-order valence-corrected chi connectivity index (χ4v) is 5.04. The summed E-state index contributed by atoms with van der Waals surface area (Å²) in [6.07, 6.45) is 1.71. The van der Waals surface area contributed by atoms with Crippen LogP contribution in [0, 0.1) is 5.82 Å². The maximum Gasteiger partial charge on any atom is 0.251 e. The zero-order valence-electron chi connectivity index (χ0n) is 16.6. The van der Waals surface area contributed by atoms with Gasteiger partial charge in [-0.25, -0.2) is 12.8 Å². The van der Waals surface area contributed by atoms with Crippen molar-refractivity contribution >= 4 is 15.9 Å². The Hall–Kier alpha value is -2.29. The summed E-state index contributed by atoms with van der Waals surface area (Å²) in [4.78, 5) is 14.7. The molecule has 8 heteroatoms. The van der Waals surface area contributed by atoms with Crippen LogP contribution in [-0.4, -0.2) is 57.3 Å². The van der Waals surface area contributed by atoms with Gasteiger partial charge in [0, 0.05) is 25.2 Å². The van der Waals surface area contributed by atoms with E-state index in [1.165, 1.54) is 28.6 Å². The highest BCUT2D eigenvalue weighted by Gasteiger charge is 2.27. The Balaban J connectivity index is 1.73. The first kappa shape index (κ1) is 21.4. The number of likely N-dealkylation sites (N-methyl/N-ethyl adjacent to an activating group) is 1. The lowest BCUT2D eigenvalue weighted by atomic mass is 10.1. The molecule has 3 rings (SSSR count). The van der Waals surface area contributed by atoms with E-state index < -0.39 is 10.0 Å². The van der Waals surface area contributed by atoms with E-state index >= 15 is 0 Å². The highest BCUT2D eigenvalue weighted by Crippen LogP contribution is 2.22. The van der Waals surface area contributed by atoms with Gasteiger partial charge in [-0.05, 0) is 62.8 Å². The number of hydrogen-bond acceptors (Lipinski definition) is 4. The smallest absolute Gasteiger partial charge is 0.251 e. The predicted octanol–water partition coefficient (Wildman–Crippen LogP) is 2.64. The van der Waals surface area contributed by atoms with Gasteiger partial charge in [-0.3, -0.25) is 4.79 Å². The van der Waals surface area contributed by atoms with Crippen LogP contribution in [0.2, 0.25) is 0 Å². The first-order valence-electron chi connectivity index (χ1n) is 9.59. The summed E-state index contributed by atoms with van der Waals surface area (Å²) in [6, 6.07) is 12.1. The first-order valence-corrected chi connectivity index (χ1v) is 11.0. The molecule has 6 nitrogen and oxygen atoms in total. The first-order chi connectivity index (χ1) is 13.8. The van der Waals surface area contributed by atoms with Crippen molar-refractivity contribution < 1.29 is 17.6 Å². The number of halogens is 1. The number of hydrogen-bond donors (Lipinski definition) is 1. The standard InChI is InChI=1S/C21H26FN3O3S/c1-24(2)20(16-7-5-9-18(22)13-16)15-23-21(26)17-8-6-10-19(14-17)29(27,28)25-11-3-4-12-25/h5-10,13-14,20H,3-4,11-12,15H2,1-2H3,(H,23,26). The van der Waals surface area contributed by atoms with Crippen molar-refractivity contribution in [3.63, 3.8) is 0 Å². The molecule has 1 N–H and O–H groups in total. The van der Waals surface area contributed by atoms with Crippen LogP contribution in [0.5, 0.6) is 0 Å². The normalized spacial score (nSPS) is 16.1. The van der Waals surface area contributed by atoms with Gasteiger partial charge in [-0.2, -0.15) is 4.31 Å². The maximum atomic E-state index is 13.6. The number of carbonyl (C=O) groups is 1. The van der Waals surface area contributed by atoms with Crippen LogP contribution >= 0.6 is 0 Å². The summed E-state index contributed by atoms with van der Waals surface area (Å²) in [7, 11) is 0.121. The summed E-state index contributed by atoms with van der Waals surface area (Å²) in [5.41, 5.74) is 1.03. The van der Waals surface area contributed by atoms with Crippen LogP contribution in [0.25, 0.3) is 0 Å². The molecule has 2 aromatic rings. The minimum absolute atomic E-state index is 0.126. The second-order valence-corrected chi connectivity index (χ2v) is 9.32. The Morgan fingerprint density at radius 3 is 2.48 bits per heavy atom. The van der Waals surface area contributed by atoms with Gasteiger partial charge in [0.05, 0.1) is 10.9 Å². The van der Waals surface area contributed by atoms with Gasteiger partial charge in [-0.1, -0.05) is 18.2 Å². The summed E-state index contributed by atoms with van der Waals surface area (Å²) in [5, 5.41) is 2.84. The van der Waals surface area contributed by atoms with Crippen molar-refractivity contribution in [1.82, 2.24) is 14.5 Å². The molecule has 1 amide bonds. The zero-order chi connectivity index (χ0) is 21.0. The Morgan fingerprint density at radius 2 is 1.83 bits per heavy atom. The average Bonchev–Trinajstić information content (AvgIpc) is 3.23. The third kappa shape index (κ3) is 5.01. The highest BCUT2D eigenvalue weighted by atomic mass is 32.2. The van der Waals surface area contributed by atoms with E-state index in [1.807, 2.05) is 25.1 Å². The molecule has 1 aliphatic rings. The molecule has 0 bridgehead atoms. The van der Waals surface area contributed by atoms with Gasteiger partial charge in [0.15, 0.2) is 0 Å². The van der Waals surface area contributed by atoms with Crippen molar-refractivity contribution in [2.75, 3.05) is 33.7 Å². The summed E-state index contributed by atoms with van der Waals surface area (Å²) in [5.74, 6) is -0.702. The topological polar surface area (TPSA) is 69.7 Å². The Kier molecular flexibility index (Phi) is 6.66. The predicted molar refractivity (Wildman–Crippen MR) is 110 cm³/mol. The summed E-state index contributed by atoms with van der Waals surface area (Å²) >= 11 is 0. The second kappa shape index (κ2) is 9.02. The molecule has 0 aliphatic carbocycles. The Bertz CT molecular complexity index is 973. The van der Waals surface area contributed by atoms with Crippen LogP contribution in [0.15, 0.2) is 53.4 Å². The second-order valence-electron chi connectivity index (χ2n) is 7.38. The Labute approximate surface area is 171 Å². The maximum absolute atomic E-state index is 13.6. The summed E-state index contributed by atoms with van der Waals surface area (Å²) in [6.45, 7) is 1.28. The van der Waals surface area contributed by atoms with E-state index in [0.29, 0.717) is 13.1 Å². The minimum atomic E-state index is -3.58. The fraction of sp³-hybridized carbons (Fsp3) is 0.381. The van der Waals surface area contributed by atoms with Crippen molar-refractivity contribution in [3.8, 4) is 0 Å². The molecular formula is C21H26FN3O3S. The summed E-state index contributed by atoms with van der Waals surface area (Å²) < 4.78 is 40.5. The number of benzene rings is 2. The number of amides is 1. The van der Waals surface area contributed by atoms with Gasteiger partial charge in [-0.15, -0.1) is 0 Å². The van der Waals surface area contributed by atoms with E-state index in [2.05, 4.69) is 5.32 Å². The molecule has 0 aromatic heterocycles. The van der Waals surface area contributed by atoms with Crippen molar-refractivity contribution in [1.29, 1.82) is 0 Å². The van der Waals surface area contributed by atoms with Gasteiger partial charge in [0.1, 0.15) is 5.82 Å². The van der Waals surface area contributed by atoms with Crippen LogP contribution in [0.1, 0.15) is 34.8 Å². The SMILES string of the molecule is CN(C)C(CNC(=O)c1cccc(S(=O)(=O)N2CCCC2)c1)c1cccc(F)c1. The Morgan fingerprint density at radius 1 is 1.14 bits per heavy atom. The highest BCUT2D eigenvalue weighted by molar-refractivity contribution is 7.89. The molecule has 1 saturated heterocycles. The average molecular weight is 420 g/mol. The van der Waals surface area contributed by atoms with Gasteiger partial charge < -0.3 is 10.2 Å². The number of carbonyl (C=O) groups excluding carboxylic acids is 1. The molecule has 1 aliphatic heterocycles. The van der Waals surface area contributed by atoms with E-state index in [1.54, 1.807) is 18.2 Å². The lowest BCUT2D eigenvalue weighted by molar-refractivity contribution is 0.0941. The third-order valence-electron chi connectivity index (χ3n) is 5.11. The molecule has 1 fully saturated rings. The van der Waals surface area contributed by atoms with Crippen LogP contribution < -0.4 is 5.32 Å². The number of nitrogens with zero attached hydrogens (tertiary/aromatic N) is 2. The molecule has 0 spiro atoms. The van der Waals surface area contributed by atoms with Gasteiger partial charge >= 0.3 is 0 Å². The quantitative estimate of drug-likeness (QED) is 0.749. The minimum Gasteiger partial charge on any atom is -0.350 e. The lowest BCUT2D eigenvalue weighted by Gasteiger charge is -2.25. The number of nitrogens with one attached hydrogen (secondary N) is 1. The fourth-order valence-electron chi connectivity index (χ4n) is 3.48. The van der Waals surface area contributed by atoms with Crippen LogP contribution in [0.4, 0.5) is 4.39 Å². The lowest BCUT2D eigenvalue weighted by Crippen LogP contribution is -2.34. The van der Waals surface area contributed by atoms with E-state index in [4.69, 9.17) is 0 Å². The molecular weight excluding hydrogens is 393 g/mol. The molecule has 156 valence electrons. The third-order valence-corrected chi connectivity index (χ3v) is 7.01. The molecule has 29 heavy (non-hydrogen) atoms. The van der Waals surface area contributed by atoms with E-state index in [-0.39, 0.29) is 34.8 Å². The molecule has 1 unspecified atom stereocenters. The number of sulfonamides is 1. The molecule has 0 saturated carbocycles. The van der Waals surface area contributed by atoms with Crippen molar-refractivity contribution in [2.24, 2.45) is 0 Å². The van der Waals surface area contributed by atoms with Crippen LogP contribution in [0.3, 0.4) is 0 Å². The van der Waals surface area contributed by atoms with Crippen molar-refractivity contribution in [2.45, 2.75) is 23.8 Å². The van der Waals surface area contributed by atoms with Gasteiger partial charge in [0.2, 0.25) is 10.0 Å². The van der Waals surface area contributed by atoms with E-state index in [9.17, 15) is 17.6 Å². The number of rotatable bonds is 7. The molecule has 1 heterocycles. The van der Waals surface area contributed by atoms with Crippen LogP contribution in [-0.2, 0) is 10.0 Å². The van der Waals surface area contributed by atoms with Crippen molar-refractivity contribution in [3.05, 3.63) is 65.5 Å². The molecule has 1 atom stereocenters.